The third kappa shape index (κ3) is 3.24. The van der Waals surface area contributed by atoms with E-state index in [2.05, 4.69) is 18.3 Å². The number of hydrogen-bond donors (Lipinski definition) is 1. The monoisotopic (exact) mass is 296 g/mol. The third-order valence-corrected chi connectivity index (χ3v) is 4.01. The SMILES string of the molecule is CCc1ccsc1CNc1ccc(Cl)cc1[N+](=O)[O-]. The highest BCUT2D eigenvalue weighted by molar-refractivity contribution is 7.10. The summed E-state index contributed by atoms with van der Waals surface area (Å²) < 4.78 is 0. The Morgan fingerprint density at radius 3 is 2.89 bits per heavy atom. The van der Waals surface area contributed by atoms with Gasteiger partial charge >= 0.3 is 0 Å². The van der Waals surface area contributed by atoms with Crippen molar-refractivity contribution >= 4 is 34.3 Å². The molecule has 0 atom stereocenters. The van der Waals surface area contributed by atoms with Gasteiger partial charge in [0.25, 0.3) is 5.69 Å². The Morgan fingerprint density at radius 2 is 2.21 bits per heavy atom. The Hall–Kier alpha value is -1.59. The van der Waals surface area contributed by atoms with Crippen molar-refractivity contribution in [3.05, 3.63) is 55.2 Å². The van der Waals surface area contributed by atoms with Gasteiger partial charge < -0.3 is 5.32 Å². The molecule has 0 aliphatic carbocycles. The van der Waals surface area contributed by atoms with Gasteiger partial charge in [0.15, 0.2) is 0 Å². The number of hydrogen-bond acceptors (Lipinski definition) is 4. The summed E-state index contributed by atoms with van der Waals surface area (Å²) in [5.41, 5.74) is 1.76. The van der Waals surface area contributed by atoms with Crippen LogP contribution in [0.1, 0.15) is 17.4 Å². The molecular formula is C13H13ClN2O2S. The van der Waals surface area contributed by atoms with Gasteiger partial charge in [-0.3, -0.25) is 10.1 Å². The number of rotatable bonds is 5. The molecule has 0 unspecified atom stereocenters. The lowest BCUT2D eigenvalue weighted by atomic mass is 10.2. The van der Waals surface area contributed by atoms with E-state index in [9.17, 15) is 10.1 Å². The van der Waals surface area contributed by atoms with Gasteiger partial charge in [0.1, 0.15) is 5.69 Å². The van der Waals surface area contributed by atoms with Gasteiger partial charge in [0.2, 0.25) is 0 Å². The number of nitrogens with one attached hydrogen (secondary N) is 1. The van der Waals surface area contributed by atoms with E-state index >= 15 is 0 Å². The molecule has 0 aliphatic heterocycles. The summed E-state index contributed by atoms with van der Waals surface area (Å²) in [7, 11) is 0. The van der Waals surface area contributed by atoms with E-state index in [0.717, 1.165) is 6.42 Å². The number of anilines is 1. The molecule has 0 aliphatic rings. The van der Waals surface area contributed by atoms with Crippen molar-refractivity contribution in [1.29, 1.82) is 0 Å². The van der Waals surface area contributed by atoms with E-state index < -0.39 is 4.92 Å². The quantitative estimate of drug-likeness (QED) is 0.653. The molecule has 0 spiro atoms. The number of benzene rings is 1. The van der Waals surface area contributed by atoms with Gasteiger partial charge in [-0.25, -0.2) is 0 Å². The standard InChI is InChI=1S/C13H13ClN2O2S/c1-2-9-5-6-19-13(9)8-15-11-4-3-10(14)7-12(11)16(17)18/h3-7,15H,2,8H2,1H3. The molecule has 100 valence electrons. The van der Waals surface area contributed by atoms with Gasteiger partial charge in [-0.2, -0.15) is 0 Å². The summed E-state index contributed by atoms with van der Waals surface area (Å²) in [4.78, 5) is 11.7. The molecular weight excluding hydrogens is 284 g/mol. The normalized spacial score (nSPS) is 10.4. The van der Waals surface area contributed by atoms with Crippen molar-refractivity contribution < 1.29 is 4.92 Å². The van der Waals surface area contributed by atoms with Gasteiger partial charge in [-0.05, 0) is 35.6 Å². The maximum atomic E-state index is 11.0. The Bertz CT molecular complexity index is 598. The third-order valence-electron chi connectivity index (χ3n) is 2.81. The van der Waals surface area contributed by atoms with Gasteiger partial charge in [-0.15, -0.1) is 11.3 Å². The molecule has 1 aromatic heterocycles. The Kier molecular flexibility index (Phi) is 4.39. The van der Waals surface area contributed by atoms with Crippen molar-refractivity contribution in [2.75, 3.05) is 5.32 Å². The van der Waals surface area contributed by atoms with Crippen LogP contribution in [-0.4, -0.2) is 4.92 Å². The zero-order valence-corrected chi connectivity index (χ0v) is 11.9. The topological polar surface area (TPSA) is 55.2 Å². The second-order valence-electron chi connectivity index (χ2n) is 3.99. The maximum Gasteiger partial charge on any atom is 0.293 e. The molecule has 0 saturated heterocycles. The first-order chi connectivity index (χ1) is 9.11. The van der Waals surface area contributed by atoms with Crippen LogP contribution in [0.2, 0.25) is 5.02 Å². The molecule has 0 bridgehead atoms. The lowest BCUT2D eigenvalue weighted by Crippen LogP contribution is -2.02. The van der Waals surface area contributed by atoms with E-state index in [-0.39, 0.29) is 5.69 Å². The summed E-state index contributed by atoms with van der Waals surface area (Å²) in [5.74, 6) is 0. The highest BCUT2D eigenvalue weighted by Gasteiger charge is 2.14. The summed E-state index contributed by atoms with van der Waals surface area (Å²) >= 11 is 7.43. The fraction of sp³-hybridized carbons (Fsp3) is 0.231. The lowest BCUT2D eigenvalue weighted by Gasteiger charge is -2.07. The summed E-state index contributed by atoms with van der Waals surface area (Å²) in [5, 5.41) is 16.5. The molecule has 1 heterocycles. The predicted molar refractivity (Wildman–Crippen MR) is 79.1 cm³/mol. The molecule has 1 aromatic carbocycles. The molecule has 19 heavy (non-hydrogen) atoms. The molecule has 1 N–H and O–H groups in total. The van der Waals surface area contributed by atoms with Gasteiger partial charge in [-0.1, -0.05) is 18.5 Å². The van der Waals surface area contributed by atoms with Crippen molar-refractivity contribution in [3.8, 4) is 0 Å². The Balaban J connectivity index is 2.18. The summed E-state index contributed by atoms with van der Waals surface area (Å²) in [6, 6.07) is 6.72. The van der Waals surface area contributed by atoms with Crippen molar-refractivity contribution in [1.82, 2.24) is 0 Å². The molecule has 0 radical (unpaired) electrons. The Morgan fingerprint density at radius 1 is 1.42 bits per heavy atom. The van der Waals surface area contributed by atoms with Crippen LogP contribution in [0, 0.1) is 10.1 Å². The number of nitrogens with zero attached hydrogens (tertiary/aromatic N) is 1. The largest absolute Gasteiger partial charge is 0.375 e. The first-order valence-corrected chi connectivity index (χ1v) is 7.10. The molecule has 0 amide bonds. The number of aryl methyl sites for hydroxylation is 1. The van der Waals surface area contributed by atoms with Crippen molar-refractivity contribution in [2.45, 2.75) is 19.9 Å². The van der Waals surface area contributed by atoms with Crippen LogP contribution in [0.4, 0.5) is 11.4 Å². The average Bonchev–Trinajstić information content (AvgIpc) is 2.84. The predicted octanol–water partition coefficient (Wildman–Crippen LogP) is 4.48. The maximum absolute atomic E-state index is 11.0. The van der Waals surface area contributed by atoms with Crippen molar-refractivity contribution in [2.24, 2.45) is 0 Å². The van der Waals surface area contributed by atoms with E-state index in [1.54, 1.807) is 23.5 Å². The molecule has 2 aromatic rings. The molecule has 4 nitrogen and oxygen atoms in total. The van der Waals surface area contributed by atoms with E-state index in [4.69, 9.17) is 11.6 Å². The number of nitro groups is 1. The number of halogens is 1. The number of thiophene rings is 1. The fourth-order valence-corrected chi connectivity index (χ4v) is 2.90. The van der Waals surface area contributed by atoms with Crippen LogP contribution in [0.5, 0.6) is 0 Å². The average molecular weight is 297 g/mol. The zero-order valence-electron chi connectivity index (χ0n) is 10.4. The second-order valence-corrected chi connectivity index (χ2v) is 5.43. The first-order valence-electron chi connectivity index (χ1n) is 5.85. The van der Waals surface area contributed by atoms with Crippen LogP contribution in [0.25, 0.3) is 0 Å². The van der Waals surface area contributed by atoms with E-state index in [1.165, 1.54) is 16.5 Å². The van der Waals surface area contributed by atoms with Crippen LogP contribution in [0.15, 0.2) is 29.6 Å². The highest BCUT2D eigenvalue weighted by Crippen LogP contribution is 2.29. The smallest absolute Gasteiger partial charge is 0.293 e. The molecule has 0 fully saturated rings. The van der Waals surface area contributed by atoms with Crippen molar-refractivity contribution in [3.63, 3.8) is 0 Å². The zero-order chi connectivity index (χ0) is 13.8. The summed E-state index contributed by atoms with van der Waals surface area (Å²) in [6.45, 7) is 2.68. The van der Waals surface area contributed by atoms with Gasteiger partial charge in [0.05, 0.1) is 4.92 Å². The number of nitro benzene ring substituents is 1. The van der Waals surface area contributed by atoms with Crippen LogP contribution in [0.3, 0.4) is 0 Å². The highest BCUT2D eigenvalue weighted by atomic mass is 35.5. The second kappa shape index (κ2) is 6.04. The summed E-state index contributed by atoms with van der Waals surface area (Å²) in [6.07, 6.45) is 0.962. The van der Waals surface area contributed by atoms with Crippen LogP contribution < -0.4 is 5.32 Å². The van der Waals surface area contributed by atoms with Gasteiger partial charge in [0, 0.05) is 22.5 Å². The molecule has 0 saturated carbocycles. The van der Waals surface area contributed by atoms with Crippen LogP contribution >= 0.6 is 22.9 Å². The Labute approximate surface area is 120 Å². The minimum absolute atomic E-state index is 0.00195. The minimum atomic E-state index is -0.427. The fourth-order valence-electron chi connectivity index (χ4n) is 1.82. The van der Waals surface area contributed by atoms with E-state index in [1.807, 2.05) is 5.38 Å². The lowest BCUT2D eigenvalue weighted by molar-refractivity contribution is -0.383. The minimum Gasteiger partial charge on any atom is -0.375 e. The van der Waals surface area contributed by atoms with Crippen LogP contribution in [-0.2, 0) is 13.0 Å². The molecule has 2 rings (SSSR count). The first kappa shape index (κ1) is 13.8. The molecule has 6 heteroatoms. The van der Waals surface area contributed by atoms with E-state index in [0.29, 0.717) is 17.3 Å².